The highest BCUT2D eigenvalue weighted by Crippen LogP contribution is 2.14. The summed E-state index contributed by atoms with van der Waals surface area (Å²) in [6, 6.07) is 2.26. The van der Waals surface area contributed by atoms with Crippen molar-refractivity contribution in [2.24, 2.45) is 5.92 Å². The molecule has 0 saturated heterocycles. The van der Waals surface area contributed by atoms with Crippen LogP contribution in [-0.2, 0) is 0 Å². The number of hydrogen-bond acceptors (Lipinski definition) is 4. The summed E-state index contributed by atoms with van der Waals surface area (Å²) in [7, 11) is 0. The minimum Gasteiger partial charge on any atom is -0.478 e. The van der Waals surface area contributed by atoms with E-state index in [4.69, 9.17) is 4.74 Å². The summed E-state index contributed by atoms with van der Waals surface area (Å²) < 4.78 is 5.34. The fourth-order valence-corrected chi connectivity index (χ4v) is 1.55. The number of ether oxygens (including phenoxy) is 1. The molecule has 0 fully saturated rings. The monoisotopic (exact) mass is 237 g/mol. The number of anilines is 1. The van der Waals surface area contributed by atoms with Crippen molar-refractivity contribution in [2.75, 3.05) is 11.9 Å². The molecular formula is C13H23N3O. The Balaban J connectivity index is 2.46. The fraction of sp³-hybridized carbons (Fsp3) is 0.692. The van der Waals surface area contributed by atoms with E-state index in [1.165, 1.54) is 12.7 Å². The predicted molar refractivity (Wildman–Crippen MR) is 70.4 cm³/mol. The van der Waals surface area contributed by atoms with E-state index >= 15 is 0 Å². The first-order valence-corrected chi connectivity index (χ1v) is 6.33. The number of hydrogen-bond donors (Lipinski definition) is 1. The Labute approximate surface area is 104 Å². The molecule has 1 aromatic rings. The normalized spacial score (nSPS) is 12.5. The molecule has 0 amide bonds. The highest BCUT2D eigenvalue weighted by atomic mass is 16.5. The Hall–Kier alpha value is -1.32. The largest absolute Gasteiger partial charge is 0.478 e. The molecule has 1 atom stereocenters. The lowest BCUT2D eigenvalue weighted by atomic mass is 10.0. The summed E-state index contributed by atoms with van der Waals surface area (Å²) in [4.78, 5) is 8.22. The van der Waals surface area contributed by atoms with Crippen molar-refractivity contribution in [3.05, 3.63) is 12.4 Å². The zero-order chi connectivity index (χ0) is 12.7. The van der Waals surface area contributed by atoms with Crippen LogP contribution in [0.5, 0.6) is 5.88 Å². The van der Waals surface area contributed by atoms with Gasteiger partial charge in [-0.1, -0.05) is 13.8 Å². The van der Waals surface area contributed by atoms with Crippen LogP contribution in [0, 0.1) is 5.92 Å². The lowest BCUT2D eigenvalue weighted by Gasteiger charge is -2.15. The van der Waals surface area contributed by atoms with Crippen LogP contribution in [0.1, 0.15) is 40.5 Å². The van der Waals surface area contributed by atoms with Gasteiger partial charge in [0.2, 0.25) is 5.88 Å². The van der Waals surface area contributed by atoms with Crippen LogP contribution < -0.4 is 10.1 Å². The molecule has 0 aliphatic carbocycles. The Morgan fingerprint density at radius 2 is 2.00 bits per heavy atom. The molecule has 0 spiro atoms. The molecule has 17 heavy (non-hydrogen) atoms. The third-order valence-corrected chi connectivity index (χ3v) is 2.51. The van der Waals surface area contributed by atoms with Gasteiger partial charge in [-0.3, -0.25) is 0 Å². The molecule has 0 aliphatic rings. The van der Waals surface area contributed by atoms with Gasteiger partial charge < -0.3 is 10.1 Å². The predicted octanol–water partition coefficient (Wildman–Crippen LogP) is 3.11. The van der Waals surface area contributed by atoms with Crippen LogP contribution in [0.2, 0.25) is 0 Å². The molecule has 0 radical (unpaired) electrons. The van der Waals surface area contributed by atoms with E-state index in [-0.39, 0.29) is 0 Å². The van der Waals surface area contributed by atoms with E-state index in [0.717, 1.165) is 18.2 Å². The molecule has 1 N–H and O–H groups in total. The summed E-state index contributed by atoms with van der Waals surface area (Å²) in [5, 5.41) is 3.36. The summed E-state index contributed by atoms with van der Waals surface area (Å²) in [5.41, 5.74) is 0. The topological polar surface area (TPSA) is 47.0 Å². The van der Waals surface area contributed by atoms with Gasteiger partial charge >= 0.3 is 0 Å². The van der Waals surface area contributed by atoms with Crippen molar-refractivity contribution >= 4 is 5.82 Å². The van der Waals surface area contributed by atoms with Gasteiger partial charge in [0.1, 0.15) is 12.1 Å². The van der Waals surface area contributed by atoms with Crippen LogP contribution in [-0.4, -0.2) is 22.6 Å². The van der Waals surface area contributed by atoms with Crippen molar-refractivity contribution in [1.29, 1.82) is 0 Å². The van der Waals surface area contributed by atoms with Gasteiger partial charge in [-0.25, -0.2) is 9.97 Å². The summed E-state index contributed by atoms with van der Waals surface area (Å²) in [5.74, 6) is 2.20. The van der Waals surface area contributed by atoms with Crippen LogP contribution in [0.3, 0.4) is 0 Å². The summed E-state index contributed by atoms with van der Waals surface area (Å²) in [6.07, 6.45) is 3.89. The molecule has 0 bridgehead atoms. The Bertz CT molecular complexity index is 328. The smallest absolute Gasteiger partial charge is 0.218 e. The van der Waals surface area contributed by atoms with Crippen molar-refractivity contribution in [1.82, 2.24) is 9.97 Å². The van der Waals surface area contributed by atoms with Crippen LogP contribution >= 0.6 is 0 Å². The van der Waals surface area contributed by atoms with E-state index in [1.807, 2.05) is 13.0 Å². The molecular weight excluding hydrogens is 214 g/mol. The first-order chi connectivity index (χ1) is 8.11. The third-order valence-electron chi connectivity index (χ3n) is 2.51. The van der Waals surface area contributed by atoms with Crippen molar-refractivity contribution in [2.45, 2.75) is 46.6 Å². The van der Waals surface area contributed by atoms with Crippen LogP contribution in [0.4, 0.5) is 5.82 Å². The van der Waals surface area contributed by atoms with E-state index in [2.05, 4.69) is 36.1 Å². The van der Waals surface area contributed by atoms with Gasteiger partial charge in [-0.15, -0.1) is 0 Å². The quantitative estimate of drug-likeness (QED) is 0.791. The Morgan fingerprint density at radius 1 is 1.24 bits per heavy atom. The molecule has 0 saturated carbocycles. The first-order valence-electron chi connectivity index (χ1n) is 6.33. The molecule has 4 heteroatoms. The number of rotatable bonds is 7. The molecule has 96 valence electrons. The Kier molecular flexibility index (Phi) is 5.73. The zero-order valence-electron chi connectivity index (χ0n) is 11.2. The van der Waals surface area contributed by atoms with Gasteiger partial charge in [0.25, 0.3) is 0 Å². The SMILES string of the molecule is CCOc1cc(NC(C)CCC(C)C)ncn1. The highest BCUT2D eigenvalue weighted by Gasteiger charge is 2.05. The number of aromatic nitrogens is 2. The van der Waals surface area contributed by atoms with E-state index in [0.29, 0.717) is 18.5 Å². The molecule has 1 unspecified atom stereocenters. The molecule has 0 aliphatic heterocycles. The maximum absolute atomic E-state index is 5.34. The lowest BCUT2D eigenvalue weighted by molar-refractivity contribution is 0.326. The van der Waals surface area contributed by atoms with Crippen molar-refractivity contribution in [3.63, 3.8) is 0 Å². The molecule has 4 nitrogen and oxygen atoms in total. The highest BCUT2D eigenvalue weighted by molar-refractivity contribution is 5.37. The molecule has 1 heterocycles. The molecule has 1 rings (SSSR count). The average Bonchev–Trinajstić information content (AvgIpc) is 2.27. The van der Waals surface area contributed by atoms with Gasteiger partial charge in [0.15, 0.2) is 0 Å². The second-order valence-corrected chi connectivity index (χ2v) is 4.69. The van der Waals surface area contributed by atoms with Gasteiger partial charge in [0.05, 0.1) is 6.61 Å². The fourth-order valence-electron chi connectivity index (χ4n) is 1.55. The minimum absolute atomic E-state index is 0.418. The lowest BCUT2D eigenvalue weighted by Crippen LogP contribution is -2.16. The molecule has 1 aromatic heterocycles. The first kappa shape index (κ1) is 13.7. The third kappa shape index (κ3) is 5.52. The van der Waals surface area contributed by atoms with Crippen LogP contribution in [0.15, 0.2) is 12.4 Å². The van der Waals surface area contributed by atoms with Crippen molar-refractivity contribution < 1.29 is 4.74 Å². The van der Waals surface area contributed by atoms with Gasteiger partial charge in [0, 0.05) is 12.1 Å². The summed E-state index contributed by atoms with van der Waals surface area (Å²) in [6.45, 7) is 9.22. The van der Waals surface area contributed by atoms with Gasteiger partial charge in [-0.2, -0.15) is 0 Å². The second kappa shape index (κ2) is 7.09. The van der Waals surface area contributed by atoms with E-state index in [9.17, 15) is 0 Å². The second-order valence-electron chi connectivity index (χ2n) is 4.69. The number of nitrogens with zero attached hydrogens (tertiary/aromatic N) is 2. The van der Waals surface area contributed by atoms with Crippen molar-refractivity contribution in [3.8, 4) is 5.88 Å². The summed E-state index contributed by atoms with van der Waals surface area (Å²) >= 11 is 0. The Morgan fingerprint density at radius 3 is 2.65 bits per heavy atom. The minimum atomic E-state index is 0.418. The number of nitrogens with one attached hydrogen (secondary N) is 1. The van der Waals surface area contributed by atoms with E-state index in [1.54, 1.807) is 0 Å². The average molecular weight is 237 g/mol. The van der Waals surface area contributed by atoms with Crippen LogP contribution in [0.25, 0.3) is 0 Å². The maximum atomic E-state index is 5.34. The maximum Gasteiger partial charge on any atom is 0.218 e. The van der Waals surface area contributed by atoms with E-state index < -0.39 is 0 Å². The van der Waals surface area contributed by atoms with Gasteiger partial charge in [-0.05, 0) is 32.6 Å². The standard InChI is InChI=1S/C13H23N3O/c1-5-17-13-8-12(14-9-15-13)16-11(4)7-6-10(2)3/h8-11H,5-7H2,1-4H3,(H,14,15,16). The molecule has 0 aromatic carbocycles. The zero-order valence-corrected chi connectivity index (χ0v) is 11.2.